The molecule has 0 unspecified atom stereocenters. The summed E-state index contributed by atoms with van der Waals surface area (Å²) in [5.41, 5.74) is 3.47. The third kappa shape index (κ3) is 3.25. The molecule has 6 rings (SSSR count). The van der Waals surface area contributed by atoms with Crippen LogP contribution in [0.4, 0.5) is 14.9 Å². The summed E-state index contributed by atoms with van der Waals surface area (Å²) >= 11 is 6.45. The van der Waals surface area contributed by atoms with E-state index in [2.05, 4.69) is 25.8 Å². The average Bonchev–Trinajstić information content (AvgIpc) is 3.39. The topological polar surface area (TPSA) is 117 Å². The molecule has 2 aliphatic heterocycles. The molecule has 2 amide bonds. The predicted molar refractivity (Wildman–Crippen MR) is 117 cm³/mol. The van der Waals surface area contributed by atoms with Crippen LogP contribution in [0.25, 0.3) is 22.2 Å². The standard InChI is InChI=1S/C22H16ClFN6O3/c23-14-9-17(15(24)8-13(14)10-1-3-16-18(6-10)29-33-28-16)25-22(32)30-12-2-4-19(30)21-11(5-12)7-20(31)26-27-21/h1,3,6-9,12,19H,2,4-5H2,(H,25,32)(H,26,31)/t12-,19+/m0/s1. The molecular formula is C22H16ClFN6O3. The highest BCUT2D eigenvalue weighted by Crippen LogP contribution is 2.42. The van der Waals surface area contributed by atoms with E-state index < -0.39 is 11.8 Å². The Bertz CT molecular complexity index is 1480. The van der Waals surface area contributed by atoms with Gasteiger partial charge in [0.05, 0.1) is 22.4 Å². The minimum absolute atomic E-state index is 0.0162. The highest BCUT2D eigenvalue weighted by atomic mass is 35.5. The second-order valence-corrected chi connectivity index (χ2v) is 8.62. The van der Waals surface area contributed by atoms with Gasteiger partial charge in [-0.15, -0.1) is 0 Å². The molecule has 0 saturated carbocycles. The van der Waals surface area contributed by atoms with Gasteiger partial charge in [0, 0.05) is 17.7 Å². The second kappa shape index (κ2) is 7.38. The van der Waals surface area contributed by atoms with Crippen molar-refractivity contribution in [1.29, 1.82) is 0 Å². The van der Waals surface area contributed by atoms with E-state index in [4.69, 9.17) is 16.2 Å². The molecule has 4 heterocycles. The first-order valence-electron chi connectivity index (χ1n) is 10.4. The fraction of sp³-hybridized carbons (Fsp3) is 0.227. The van der Waals surface area contributed by atoms with E-state index in [9.17, 15) is 9.59 Å². The van der Waals surface area contributed by atoms with Crippen LogP contribution in [0, 0.1) is 5.82 Å². The summed E-state index contributed by atoms with van der Waals surface area (Å²) in [6.45, 7) is 0. The van der Waals surface area contributed by atoms with Crippen molar-refractivity contribution in [3.8, 4) is 11.1 Å². The van der Waals surface area contributed by atoms with E-state index in [1.54, 1.807) is 23.1 Å². The van der Waals surface area contributed by atoms with Crippen molar-refractivity contribution in [1.82, 2.24) is 25.4 Å². The fourth-order valence-corrected chi connectivity index (χ4v) is 5.08. The number of fused-ring (bicyclic) bond motifs is 5. The summed E-state index contributed by atoms with van der Waals surface area (Å²) in [7, 11) is 0. The summed E-state index contributed by atoms with van der Waals surface area (Å²) in [6.07, 6.45) is 2.05. The van der Waals surface area contributed by atoms with Crippen LogP contribution in [0.15, 0.2) is 45.8 Å². The zero-order valence-electron chi connectivity index (χ0n) is 17.0. The Labute approximate surface area is 190 Å². The zero-order valence-corrected chi connectivity index (χ0v) is 17.8. The number of halogens is 2. The van der Waals surface area contributed by atoms with Crippen molar-refractivity contribution in [2.24, 2.45) is 0 Å². The van der Waals surface area contributed by atoms with E-state index >= 15 is 4.39 Å². The van der Waals surface area contributed by atoms with Gasteiger partial charge in [0.25, 0.3) is 5.56 Å². The normalized spacial score (nSPS) is 19.0. The lowest BCUT2D eigenvalue weighted by atomic mass is 9.99. The molecule has 2 aliphatic rings. The molecule has 9 nitrogen and oxygen atoms in total. The number of aromatic amines is 1. The van der Waals surface area contributed by atoms with E-state index in [-0.39, 0.29) is 28.4 Å². The molecule has 1 fully saturated rings. The van der Waals surface area contributed by atoms with E-state index in [1.807, 2.05) is 0 Å². The molecule has 2 aromatic carbocycles. The first kappa shape index (κ1) is 19.9. The summed E-state index contributed by atoms with van der Waals surface area (Å²) in [6, 6.07) is 8.58. The first-order valence-corrected chi connectivity index (χ1v) is 10.8. The number of hydrogen-bond donors (Lipinski definition) is 2. The van der Waals surface area contributed by atoms with Crippen molar-refractivity contribution < 1.29 is 13.8 Å². The number of carbonyl (C=O) groups is 1. The molecule has 4 aromatic rings. The van der Waals surface area contributed by atoms with Gasteiger partial charge in [-0.05, 0) is 65.0 Å². The smallest absolute Gasteiger partial charge is 0.313 e. The molecule has 33 heavy (non-hydrogen) atoms. The quantitative estimate of drug-likeness (QED) is 0.460. The van der Waals surface area contributed by atoms with Gasteiger partial charge in [0.2, 0.25) is 0 Å². The summed E-state index contributed by atoms with van der Waals surface area (Å²) in [5, 5.41) is 17.1. The van der Waals surface area contributed by atoms with Crippen molar-refractivity contribution in [3.63, 3.8) is 0 Å². The lowest BCUT2D eigenvalue weighted by molar-refractivity contribution is 0.177. The Morgan fingerprint density at radius 1 is 1.18 bits per heavy atom. The van der Waals surface area contributed by atoms with E-state index in [1.165, 1.54) is 18.2 Å². The number of nitrogens with zero attached hydrogens (tertiary/aromatic N) is 4. The fourth-order valence-electron chi connectivity index (χ4n) is 4.81. The Morgan fingerprint density at radius 2 is 2.03 bits per heavy atom. The molecule has 2 atom stereocenters. The number of H-pyrrole nitrogens is 1. The molecule has 0 aliphatic carbocycles. The van der Waals surface area contributed by atoms with Crippen LogP contribution in [0.3, 0.4) is 0 Å². The molecule has 1 saturated heterocycles. The summed E-state index contributed by atoms with van der Waals surface area (Å²) < 4.78 is 19.7. The number of amides is 2. The van der Waals surface area contributed by atoms with Crippen LogP contribution in [-0.2, 0) is 6.42 Å². The van der Waals surface area contributed by atoms with Gasteiger partial charge >= 0.3 is 6.03 Å². The van der Waals surface area contributed by atoms with Crippen LogP contribution in [-0.4, -0.2) is 37.5 Å². The van der Waals surface area contributed by atoms with Gasteiger partial charge in [0.1, 0.15) is 16.9 Å². The van der Waals surface area contributed by atoms with E-state index in [0.29, 0.717) is 34.3 Å². The number of rotatable bonds is 2. The van der Waals surface area contributed by atoms with E-state index in [0.717, 1.165) is 18.4 Å². The molecular weight excluding hydrogens is 451 g/mol. The molecule has 2 aromatic heterocycles. The number of aromatic nitrogens is 4. The van der Waals surface area contributed by atoms with Crippen molar-refractivity contribution >= 4 is 34.4 Å². The number of urea groups is 1. The first-order chi connectivity index (χ1) is 16.0. The van der Waals surface area contributed by atoms with Gasteiger partial charge in [-0.3, -0.25) is 4.79 Å². The number of nitrogens with one attached hydrogen (secondary N) is 2. The van der Waals surface area contributed by atoms with Gasteiger partial charge < -0.3 is 10.2 Å². The molecule has 11 heteroatoms. The lowest BCUT2D eigenvalue weighted by Gasteiger charge is -2.35. The maximum absolute atomic E-state index is 15.0. The Balaban J connectivity index is 1.28. The van der Waals surface area contributed by atoms with Gasteiger partial charge in [-0.1, -0.05) is 17.7 Å². The third-order valence-electron chi connectivity index (χ3n) is 6.29. The van der Waals surface area contributed by atoms with Crippen LogP contribution >= 0.6 is 11.6 Å². The average molecular weight is 467 g/mol. The highest BCUT2D eigenvalue weighted by Gasteiger charge is 2.44. The maximum Gasteiger partial charge on any atom is 0.322 e. The Morgan fingerprint density at radius 3 is 2.91 bits per heavy atom. The number of hydrogen-bond acceptors (Lipinski definition) is 6. The molecule has 2 bridgehead atoms. The maximum atomic E-state index is 15.0. The van der Waals surface area contributed by atoms with Crippen LogP contribution in [0.1, 0.15) is 30.1 Å². The van der Waals surface area contributed by atoms with Crippen LogP contribution < -0.4 is 10.9 Å². The second-order valence-electron chi connectivity index (χ2n) is 8.21. The SMILES string of the molecule is O=C(Nc1cc(Cl)c(-c2ccc3nonc3c2)cc1F)N1[C@H]2CC[C@@H]1c1n[nH]c(=O)cc1C2. The number of carbonyl (C=O) groups excluding carboxylic acids is 1. The van der Waals surface area contributed by atoms with Gasteiger partial charge in [-0.2, -0.15) is 5.10 Å². The lowest BCUT2D eigenvalue weighted by Crippen LogP contribution is -2.45. The van der Waals surface area contributed by atoms with Gasteiger partial charge in [0.15, 0.2) is 0 Å². The van der Waals surface area contributed by atoms with Crippen molar-refractivity contribution in [2.75, 3.05) is 5.32 Å². The highest BCUT2D eigenvalue weighted by molar-refractivity contribution is 6.33. The van der Waals surface area contributed by atoms with Crippen LogP contribution in [0.2, 0.25) is 5.02 Å². The number of benzene rings is 2. The predicted octanol–water partition coefficient (Wildman–Crippen LogP) is 4.06. The zero-order chi connectivity index (χ0) is 22.7. The largest absolute Gasteiger partial charge is 0.322 e. The molecule has 166 valence electrons. The van der Waals surface area contributed by atoms with Crippen molar-refractivity contribution in [2.45, 2.75) is 31.3 Å². The molecule has 0 radical (unpaired) electrons. The minimum Gasteiger partial charge on any atom is -0.313 e. The molecule has 2 N–H and O–H groups in total. The summed E-state index contributed by atoms with van der Waals surface area (Å²) in [4.78, 5) is 26.4. The third-order valence-corrected chi connectivity index (χ3v) is 6.60. The Kier molecular flexibility index (Phi) is 4.44. The van der Waals surface area contributed by atoms with Crippen LogP contribution in [0.5, 0.6) is 0 Å². The monoisotopic (exact) mass is 466 g/mol. The number of anilines is 1. The molecule has 0 spiro atoms. The minimum atomic E-state index is -0.617. The Hall–Kier alpha value is -3.79. The summed E-state index contributed by atoms with van der Waals surface area (Å²) in [5.74, 6) is -0.617. The van der Waals surface area contributed by atoms with Crippen molar-refractivity contribution in [3.05, 3.63) is 68.8 Å². The van der Waals surface area contributed by atoms with Gasteiger partial charge in [-0.25, -0.2) is 18.9 Å².